The standard InChI is InChI=1S/C16H23FN2O/c1-12-6-5-7-13(14(12)17)15(20)19-11-16(10-18)8-3-2-4-9-16/h5-7H,2-4,8-11,18H2,1H3,(H,19,20). The van der Waals surface area contributed by atoms with E-state index in [-0.39, 0.29) is 16.9 Å². The minimum absolute atomic E-state index is 0.00574. The quantitative estimate of drug-likeness (QED) is 0.889. The topological polar surface area (TPSA) is 55.1 Å². The molecular weight excluding hydrogens is 255 g/mol. The summed E-state index contributed by atoms with van der Waals surface area (Å²) < 4.78 is 13.9. The summed E-state index contributed by atoms with van der Waals surface area (Å²) in [6, 6.07) is 4.88. The Bertz CT molecular complexity index is 481. The second kappa shape index (κ2) is 6.35. The molecule has 0 spiro atoms. The van der Waals surface area contributed by atoms with Gasteiger partial charge in [0.2, 0.25) is 0 Å². The fourth-order valence-electron chi connectivity index (χ4n) is 2.94. The first-order valence-electron chi connectivity index (χ1n) is 7.31. The second-order valence-corrected chi connectivity index (χ2v) is 5.88. The molecule has 3 N–H and O–H groups in total. The van der Waals surface area contributed by atoms with Crippen molar-refractivity contribution in [3.63, 3.8) is 0 Å². The fourth-order valence-corrected chi connectivity index (χ4v) is 2.94. The molecule has 110 valence electrons. The Kier molecular flexibility index (Phi) is 4.76. The third-order valence-corrected chi connectivity index (χ3v) is 4.41. The van der Waals surface area contributed by atoms with E-state index in [1.54, 1.807) is 19.1 Å². The monoisotopic (exact) mass is 278 g/mol. The van der Waals surface area contributed by atoms with Gasteiger partial charge in [0.05, 0.1) is 5.56 Å². The number of amides is 1. The average molecular weight is 278 g/mol. The molecule has 1 amide bonds. The highest BCUT2D eigenvalue weighted by atomic mass is 19.1. The van der Waals surface area contributed by atoms with Crippen molar-refractivity contribution in [2.75, 3.05) is 13.1 Å². The highest BCUT2D eigenvalue weighted by Crippen LogP contribution is 2.34. The van der Waals surface area contributed by atoms with Crippen molar-refractivity contribution in [3.05, 3.63) is 35.1 Å². The maximum atomic E-state index is 13.9. The summed E-state index contributed by atoms with van der Waals surface area (Å²) in [7, 11) is 0. The molecule has 1 fully saturated rings. The van der Waals surface area contributed by atoms with Gasteiger partial charge in [0, 0.05) is 6.54 Å². The van der Waals surface area contributed by atoms with E-state index in [1.807, 2.05) is 0 Å². The lowest BCUT2D eigenvalue weighted by molar-refractivity contribution is 0.0910. The number of nitrogens with one attached hydrogen (secondary N) is 1. The van der Waals surface area contributed by atoms with Gasteiger partial charge in [-0.25, -0.2) is 4.39 Å². The van der Waals surface area contributed by atoms with Gasteiger partial charge in [-0.15, -0.1) is 0 Å². The van der Waals surface area contributed by atoms with Crippen molar-refractivity contribution < 1.29 is 9.18 Å². The largest absolute Gasteiger partial charge is 0.351 e. The van der Waals surface area contributed by atoms with Gasteiger partial charge >= 0.3 is 0 Å². The molecule has 0 unspecified atom stereocenters. The van der Waals surface area contributed by atoms with Crippen molar-refractivity contribution in [2.24, 2.45) is 11.1 Å². The van der Waals surface area contributed by atoms with Crippen LogP contribution in [0.4, 0.5) is 4.39 Å². The zero-order valence-electron chi connectivity index (χ0n) is 12.0. The van der Waals surface area contributed by atoms with Crippen LogP contribution in [0.15, 0.2) is 18.2 Å². The van der Waals surface area contributed by atoms with Crippen molar-refractivity contribution in [3.8, 4) is 0 Å². The number of carbonyl (C=O) groups excluding carboxylic acids is 1. The smallest absolute Gasteiger partial charge is 0.254 e. The van der Waals surface area contributed by atoms with Crippen LogP contribution in [-0.2, 0) is 0 Å². The molecule has 0 saturated heterocycles. The minimum Gasteiger partial charge on any atom is -0.351 e. The third-order valence-electron chi connectivity index (χ3n) is 4.41. The van der Waals surface area contributed by atoms with E-state index in [0.717, 1.165) is 25.7 Å². The van der Waals surface area contributed by atoms with Crippen LogP contribution in [0.2, 0.25) is 0 Å². The van der Waals surface area contributed by atoms with E-state index in [2.05, 4.69) is 5.32 Å². The molecule has 0 heterocycles. The van der Waals surface area contributed by atoms with E-state index >= 15 is 0 Å². The minimum atomic E-state index is -0.435. The van der Waals surface area contributed by atoms with Crippen molar-refractivity contribution in [2.45, 2.75) is 39.0 Å². The maximum absolute atomic E-state index is 13.9. The van der Waals surface area contributed by atoms with Crippen LogP contribution in [0.1, 0.15) is 48.0 Å². The normalized spacial score (nSPS) is 17.8. The number of aryl methyl sites for hydroxylation is 1. The Balaban J connectivity index is 2.02. The lowest BCUT2D eigenvalue weighted by Gasteiger charge is -2.36. The SMILES string of the molecule is Cc1cccc(C(=O)NCC2(CN)CCCCC2)c1F. The molecule has 1 aliphatic carbocycles. The summed E-state index contributed by atoms with van der Waals surface area (Å²) in [5.41, 5.74) is 6.49. The lowest BCUT2D eigenvalue weighted by Crippen LogP contribution is -2.43. The zero-order chi connectivity index (χ0) is 14.6. The summed E-state index contributed by atoms with van der Waals surface area (Å²) in [6.07, 6.45) is 5.64. The molecule has 0 aromatic heterocycles. The first-order chi connectivity index (χ1) is 9.58. The summed E-state index contributed by atoms with van der Waals surface area (Å²) in [4.78, 5) is 12.1. The molecule has 1 aromatic rings. The molecule has 3 nitrogen and oxygen atoms in total. The van der Waals surface area contributed by atoms with Crippen molar-refractivity contribution in [1.29, 1.82) is 0 Å². The molecule has 0 atom stereocenters. The van der Waals surface area contributed by atoms with Gasteiger partial charge in [0.25, 0.3) is 5.91 Å². The van der Waals surface area contributed by atoms with Gasteiger partial charge < -0.3 is 11.1 Å². The maximum Gasteiger partial charge on any atom is 0.254 e. The molecule has 1 saturated carbocycles. The van der Waals surface area contributed by atoms with Gasteiger partial charge in [0.1, 0.15) is 5.82 Å². The molecule has 0 aliphatic heterocycles. The molecule has 20 heavy (non-hydrogen) atoms. The predicted molar refractivity (Wildman–Crippen MR) is 78.0 cm³/mol. The zero-order valence-corrected chi connectivity index (χ0v) is 12.0. The first kappa shape index (κ1) is 15.0. The van der Waals surface area contributed by atoms with Gasteiger partial charge in [0.15, 0.2) is 0 Å². The molecule has 2 rings (SSSR count). The summed E-state index contributed by atoms with van der Waals surface area (Å²) in [5.74, 6) is -0.778. The van der Waals surface area contributed by atoms with Gasteiger partial charge in [-0.3, -0.25) is 4.79 Å². The average Bonchev–Trinajstić information content (AvgIpc) is 2.48. The van der Waals surface area contributed by atoms with Gasteiger partial charge in [-0.05, 0) is 43.4 Å². The van der Waals surface area contributed by atoms with E-state index in [4.69, 9.17) is 5.73 Å². The number of nitrogens with two attached hydrogens (primary N) is 1. The van der Waals surface area contributed by atoms with Crippen LogP contribution < -0.4 is 11.1 Å². The Morgan fingerprint density at radius 1 is 1.35 bits per heavy atom. The number of hydrogen-bond acceptors (Lipinski definition) is 2. The number of halogens is 1. The van der Waals surface area contributed by atoms with E-state index in [1.165, 1.54) is 12.5 Å². The Morgan fingerprint density at radius 2 is 2.05 bits per heavy atom. The Morgan fingerprint density at radius 3 is 2.70 bits per heavy atom. The molecule has 1 aromatic carbocycles. The van der Waals surface area contributed by atoms with Crippen LogP contribution in [0.5, 0.6) is 0 Å². The van der Waals surface area contributed by atoms with Crippen molar-refractivity contribution >= 4 is 5.91 Å². The highest BCUT2D eigenvalue weighted by Gasteiger charge is 2.31. The van der Waals surface area contributed by atoms with Crippen LogP contribution in [0, 0.1) is 18.2 Å². The van der Waals surface area contributed by atoms with Gasteiger partial charge in [-0.1, -0.05) is 31.4 Å². The van der Waals surface area contributed by atoms with Crippen LogP contribution in [0.25, 0.3) is 0 Å². The van der Waals surface area contributed by atoms with E-state index in [0.29, 0.717) is 18.7 Å². The molecule has 0 bridgehead atoms. The fraction of sp³-hybridized carbons (Fsp3) is 0.562. The number of rotatable bonds is 4. The number of benzene rings is 1. The third kappa shape index (κ3) is 3.18. The lowest BCUT2D eigenvalue weighted by atomic mass is 9.74. The summed E-state index contributed by atoms with van der Waals surface area (Å²) >= 11 is 0. The van der Waals surface area contributed by atoms with Gasteiger partial charge in [-0.2, -0.15) is 0 Å². The van der Waals surface area contributed by atoms with Crippen LogP contribution in [-0.4, -0.2) is 19.0 Å². The van der Waals surface area contributed by atoms with E-state index in [9.17, 15) is 9.18 Å². The Labute approximate surface area is 119 Å². The molecular formula is C16H23FN2O. The van der Waals surface area contributed by atoms with Crippen LogP contribution >= 0.6 is 0 Å². The highest BCUT2D eigenvalue weighted by molar-refractivity contribution is 5.94. The first-order valence-corrected chi connectivity index (χ1v) is 7.31. The molecule has 4 heteroatoms. The Hall–Kier alpha value is -1.42. The molecule has 1 aliphatic rings. The van der Waals surface area contributed by atoms with E-state index < -0.39 is 5.82 Å². The predicted octanol–water partition coefficient (Wildman–Crippen LogP) is 2.77. The summed E-state index contributed by atoms with van der Waals surface area (Å²) in [5, 5.41) is 2.87. The summed E-state index contributed by atoms with van der Waals surface area (Å²) in [6.45, 7) is 2.77. The van der Waals surface area contributed by atoms with Crippen molar-refractivity contribution in [1.82, 2.24) is 5.32 Å². The van der Waals surface area contributed by atoms with Crippen LogP contribution in [0.3, 0.4) is 0 Å². The second-order valence-electron chi connectivity index (χ2n) is 5.88. The number of hydrogen-bond donors (Lipinski definition) is 2. The number of carbonyl (C=O) groups is 1. The molecule has 0 radical (unpaired) electrons.